The molecule has 0 radical (unpaired) electrons. The third-order valence-electron chi connectivity index (χ3n) is 2.71. The molecule has 0 bridgehead atoms. The Bertz CT molecular complexity index is 696. The van der Waals surface area contributed by atoms with Crippen molar-refractivity contribution in [2.45, 2.75) is 6.92 Å². The van der Waals surface area contributed by atoms with Gasteiger partial charge in [0.25, 0.3) is 0 Å². The lowest BCUT2D eigenvalue weighted by molar-refractivity contribution is 0.478. The highest BCUT2D eigenvalue weighted by Gasteiger charge is 2.08. The van der Waals surface area contributed by atoms with E-state index in [4.69, 9.17) is 0 Å². The maximum atomic E-state index is 9.95. The van der Waals surface area contributed by atoms with E-state index in [1.807, 2.05) is 32.4 Å². The Morgan fingerprint density at radius 1 is 1.18 bits per heavy atom. The van der Waals surface area contributed by atoms with E-state index >= 15 is 0 Å². The molecule has 0 spiro atoms. The number of pyridine rings is 1. The van der Waals surface area contributed by atoms with Crippen LogP contribution in [0.25, 0.3) is 16.6 Å². The summed E-state index contributed by atoms with van der Waals surface area (Å²) in [4.78, 5) is 0. The molecule has 0 aromatic carbocycles. The number of nitrogens with zero attached hydrogens (tertiary/aromatic N) is 4. The fourth-order valence-corrected chi connectivity index (χ4v) is 1.92. The minimum atomic E-state index is 0.229. The van der Waals surface area contributed by atoms with Crippen molar-refractivity contribution in [3.63, 3.8) is 0 Å². The van der Waals surface area contributed by atoms with Crippen molar-refractivity contribution >= 4 is 5.52 Å². The van der Waals surface area contributed by atoms with Crippen LogP contribution in [0.15, 0.2) is 30.7 Å². The molecule has 3 aromatic heterocycles. The summed E-state index contributed by atoms with van der Waals surface area (Å²) in [6.45, 7) is 1.90. The van der Waals surface area contributed by atoms with Gasteiger partial charge >= 0.3 is 0 Å². The van der Waals surface area contributed by atoms with Gasteiger partial charge in [-0.15, -0.1) is 0 Å². The molecule has 3 aromatic rings. The van der Waals surface area contributed by atoms with Crippen LogP contribution in [0.4, 0.5) is 0 Å². The fraction of sp³-hybridized carbons (Fsp3) is 0.167. The van der Waals surface area contributed by atoms with Crippen molar-refractivity contribution < 1.29 is 5.11 Å². The van der Waals surface area contributed by atoms with Gasteiger partial charge in [0, 0.05) is 30.6 Å². The van der Waals surface area contributed by atoms with Gasteiger partial charge in [0.1, 0.15) is 11.3 Å². The maximum Gasteiger partial charge on any atom is 0.141 e. The van der Waals surface area contributed by atoms with Gasteiger partial charge in [0.2, 0.25) is 0 Å². The van der Waals surface area contributed by atoms with E-state index in [0.717, 1.165) is 22.3 Å². The average Bonchev–Trinajstić information content (AvgIpc) is 2.83. The van der Waals surface area contributed by atoms with Gasteiger partial charge < -0.3 is 5.11 Å². The molecule has 0 aliphatic heterocycles. The number of hydrogen-bond acceptors (Lipinski definition) is 3. The molecule has 5 heteroatoms. The third-order valence-corrected chi connectivity index (χ3v) is 2.71. The smallest absolute Gasteiger partial charge is 0.141 e. The fourth-order valence-electron chi connectivity index (χ4n) is 1.92. The van der Waals surface area contributed by atoms with E-state index in [0.29, 0.717) is 0 Å². The van der Waals surface area contributed by atoms with Crippen LogP contribution in [0.1, 0.15) is 5.69 Å². The van der Waals surface area contributed by atoms with Crippen molar-refractivity contribution in [1.29, 1.82) is 0 Å². The van der Waals surface area contributed by atoms with Gasteiger partial charge in [0.05, 0.1) is 11.9 Å². The Morgan fingerprint density at radius 2 is 2.00 bits per heavy atom. The van der Waals surface area contributed by atoms with Crippen LogP contribution in [0, 0.1) is 6.92 Å². The first kappa shape index (κ1) is 9.89. The van der Waals surface area contributed by atoms with Gasteiger partial charge in [0.15, 0.2) is 0 Å². The van der Waals surface area contributed by atoms with Crippen molar-refractivity contribution in [3.8, 4) is 16.9 Å². The lowest BCUT2D eigenvalue weighted by Crippen LogP contribution is -1.89. The highest BCUT2D eigenvalue weighted by atomic mass is 16.3. The molecule has 86 valence electrons. The summed E-state index contributed by atoms with van der Waals surface area (Å²) in [6, 6.07) is 3.58. The van der Waals surface area contributed by atoms with Gasteiger partial charge in [-0.3, -0.25) is 4.68 Å². The minimum absolute atomic E-state index is 0.229. The van der Waals surface area contributed by atoms with Gasteiger partial charge in [-0.1, -0.05) is 0 Å². The zero-order chi connectivity index (χ0) is 12.0. The highest BCUT2D eigenvalue weighted by molar-refractivity contribution is 5.70. The number of rotatable bonds is 1. The lowest BCUT2D eigenvalue weighted by atomic mass is 10.1. The molecule has 0 fully saturated rings. The SMILES string of the molecule is Cc1cc2c(O)cc(-c3cnn(C)c3)cn2n1. The molecule has 0 saturated carbocycles. The first-order valence-corrected chi connectivity index (χ1v) is 5.31. The van der Waals surface area contributed by atoms with E-state index in [9.17, 15) is 5.11 Å². The van der Waals surface area contributed by atoms with Crippen LogP contribution >= 0.6 is 0 Å². The zero-order valence-corrected chi connectivity index (χ0v) is 9.62. The Balaban J connectivity index is 2.24. The molecule has 5 nitrogen and oxygen atoms in total. The monoisotopic (exact) mass is 228 g/mol. The summed E-state index contributed by atoms with van der Waals surface area (Å²) in [6.07, 6.45) is 5.55. The Morgan fingerprint density at radius 3 is 2.71 bits per heavy atom. The second-order valence-corrected chi connectivity index (χ2v) is 4.13. The predicted octanol–water partition coefficient (Wildman–Crippen LogP) is 1.75. The summed E-state index contributed by atoms with van der Waals surface area (Å²) in [7, 11) is 1.86. The topological polar surface area (TPSA) is 55.4 Å². The van der Waals surface area contributed by atoms with Crippen LogP contribution < -0.4 is 0 Å². The normalized spacial score (nSPS) is 11.2. The van der Waals surface area contributed by atoms with Crippen LogP contribution in [-0.2, 0) is 7.05 Å². The molecule has 0 saturated heterocycles. The lowest BCUT2D eigenvalue weighted by Gasteiger charge is -2.01. The van der Waals surface area contributed by atoms with Crippen molar-refractivity contribution in [3.05, 3.63) is 36.4 Å². The van der Waals surface area contributed by atoms with Gasteiger partial charge in [-0.2, -0.15) is 10.2 Å². The first-order valence-electron chi connectivity index (χ1n) is 5.31. The molecule has 3 rings (SSSR count). The Labute approximate surface area is 97.9 Å². The van der Waals surface area contributed by atoms with E-state index in [1.54, 1.807) is 21.5 Å². The molecule has 0 unspecified atom stereocenters. The summed E-state index contributed by atoms with van der Waals surface area (Å²) >= 11 is 0. The number of fused-ring (bicyclic) bond motifs is 1. The predicted molar refractivity (Wildman–Crippen MR) is 63.8 cm³/mol. The largest absolute Gasteiger partial charge is 0.506 e. The average molecular weight is 228 g/mol. The second-order valence-electron chi connectivity index (χ2n) is 4.13. The van der Waals surface area contributed by atoms with Crippen LogP contribution in [0.5, 0.6) is 5.75 Å². The minimum Gasteiger partial charge on any atom is -0.506 e. The van der Waals surface area contributed by atoms with Crippen molar-refractivity contribution in [1.82, 2.24) is 19.4 Å². The molecule has 0 aliphatic rings. The van der Waals surface area contributed by atoms with Gasteiger partial charge in [-0.25, -0.2) is 4.52 Å². The van der Waals surface area contributed by atoms with Crippen LogP contribution in [-0.4, -0.2) is 24.5 Å². The molecule has 3 heterocycles. The molecule has 0 amide bonds. The number of aryl methyl sites for hydroxylation is 2. The summed E-state index contributed by atoms with van der Waals surface area (Å²) in [5, 5.41) is 18.4. The van der Waals surface area contributed by atoms with Crippen LogP contribution in [0.2, 0.25) is 0 Å². The molecule has 0 atom stereocenters. The zero-order valence-electron chi connectivity index (χ0n) is 9.62. The van der Waals surface area contributed by atoms with E-state index in [2.05, 4.69) is 10.2 Å². The molecular weight excluding hydrogens is 216 g/mol. The van der Waals surface area contributed by atoms with Crippen molar-refractivity contribution in [2.24, 2.45) is 7.05 Å². The first-order chi connectivity index (χ1) is 8.13. The van der Waals surface area contributed by atoms with Gasteiger partial charge in [-0.05, 0) is 19.1 Å². The summed E-state index contributed by atoms with van der Waals surface area (Å²) < 4.78 is 3.41. The molecule has 0 aliphatic carbocycles. The number of hydrogen-bond donors (Lipinski definition) is 1. The van der Waals surface area contributed by atoms with E-state index in [1.165, 1.54) is 0 Å². The standard InChI is InChI=1S/C12H12N4O/c1-8-3-11-12(17)4-9(7-16(11)14-8)10-5-13-15(2)6-10/h3-7,17H,1-2H3. The summed E-state index contributed by atoms with van der Waals surface area (Å²) in [5.41, 5.74) is 3.45. The quantitative estimate of drug-likeness (QED) is 0.690. The number of aromatic hydroxyl groups is 1. The number of aromatic nitrogens is 4. The van der Waals surface area contributed by atoms with Crippen LogP contribution in [0.3, 0.4) is 0 Å². The maximum absolute atomic E-state index is 9.95. The molecular formula is C12H12N4O. The Hall–Kier alpha value is -2.30. The van der Waals surface area contributed by atoms with Crippen molar-refractivity contribution in [2.75, 3.05) is 0 Å². The van der Waals surface area contributed by atoms with E-state index in [-0.39, 0.29) is 5.75 Å². The van der Waals surface area contributed by atoms with E-state index < -0.39 is 0 Å². The summed E-state index contributed by atoms with van der Waals surface area (Å²) in [5.74, 6) is 0.229. The highest BCUT2D eigenvalue weighted by Crippen LogP contribution is 2.26. The molecule has 1 N–H and O–H groups in total. The third kappa shape index (κ3) is 1.56. The molecule has 17 heavy (non-hydrogen) atoms. The Kier molecular flexibility index (Phi) is 1.95. The second kappa shape index (κ2) is 3.35.